The first kappa shape index (κ1) is 20.0. The van der Waals surface area contributed by atoms with Gasteiger partial charge in [-0.1, -0.05) is 6.07 Å². The van der Waals surface area contributed by atoms with E-state index in [9.17, 15) is 9.18 Å². The Morgan fingerprint density at radius 2 is 1.87 bits per heavy atom. The number of rotatable bonds is 4. The number of hydrogen-bond donors (Lipinski definition) is 1. The number of carbonyl (C=O) groups is 1. The fraction of sp³-hybridized carbons (Fsp3) is 0.238. The van der Waals surface area contributed by atoms with Gasteiger partial charge in [0.2, 0.25) is 5.82 Å². The van der Waals surface area contributed by atoms with E-state index >= 15 is 0 Å². The smallest absolute Gasteiger partial charge is 0.296 e. The van der Waals surface area contributed by atoms with Crippen molar-refractivity contribution in [1.82, 2.24) is 24.5 Å². The monoisotopic (exact) mass is 424 g/mol. The fourth-order valence-corrected chi connectivity index (χ4v) is 3.71. The Morgan fingerprint density at radius 3 is 2.50 bits per heavy atom. The average molecular weight is 425 g/mol. The zero-order valence-electron chi connectivity index (χ0n) is 17.0. The average Bonchev–Trinajstić information content (AvgIpc) is 3.40. The third kappa shape index (κ3) is 3.88. The van der Waals surface area contributed by atoms with E-state index in [4.69, 9.17) is 0 Å². The molecule has 0 saturated carbocycles. The summed E-state index contributed by atoms with van der Waals surface area (Å²) in [4.78, 5) is 18.3. The molecule has 4 aromatic rings. The van der Waals surface area contributed by atoms with Crippen LogP contribution in [-0.2, 0) is 5.54 Å². The second-order valence-electron chi connectivity index (χ2n) is 7.83. The third-order valence-corrected chi connectivity index (χ3v) is 5.20. The highest BCUT2D eigenvalue weighted by molar-refractivity contribution is 7.13. The van der Waals surface area contributed by atoms with E-state index in [0.717, 1.165) is 10.6 Å². The van der Waals surface area contributed by atoms with Crippen molar-refractivity contribution in [1.29, 1.82) is 0 Å². The van der Waals surface area contributed by atoms with Gasteiger partial charge in [0.1, 0.15) is 11.6 Å². The molecule has 9 heteroatoms. The number of halogens is 1. The molecule has 0 saturated heterocycles. The first-order chi connectivity index (χ1) is 14.2. The van der Waals surface area contributed by atoms with Crippen LogP contribution in [-0.4, -0.2) is 30.5 Å². The largest absolute Gasteiger partial charge is 0.304 e. The molecule has 0 aliphatic carbocycles. The molecule has 1 aromatic carbocycles. The second-order valence-corrected chi connectivity index (χ2v) is 8.78. The molecule has 1 N–H and O–H groups in total. The molecular formula is C21H21FN6OS. The second kappa shape index (κ2) is 7.49. The molecule has 0 unspecified atom stereocenters. The SMILES string of the molecule is Cc1cc(NC(=O)c2nc(-c3cccs3)n(-c3ccc(F)cc3)n2)n(C(C)(C)C)n1. The molecule has 3 heterocycles. The van der Waals surface area contributed by atoms with Crippen molar-refractivity contribution < 1.29 is 9.18 Å². The Labute approximate surface area is 177 Å². The normalized spacial score (nSPS) is 11.6. The summed E-state index contributed by atoms with van der Waals surface area (Å²) in [5.74, 6) is 0.310. The number of anilines is 1. The van der Waals surface area contributed by atoms with E-state index < -0.39 is 5.91 Å². The topological polar surface area (TPSA) is 77.6 Å². The van der Waals surface area contributed by atoms with Crippen molar-refractivity contribution in [3.63, 3.8) is 0 Å². The van der Waals surface area contributed by atoms with Crippen LogP contribution in [0.15, 0.2) is 47.8 Å². The third-order valence-electron chi connectivity index (χ3n) is 4.33. The van der Waals surface area contributed by atoms with Crippen LogP contribution in [0.4, 0.5) is 10.2 Å². The number of carbonyl (C=O) groups excluding carboxylic acids is 1. The first-order valence-corrected chi connectivity index (χ1v) is 10.3. The van der Waals surface area contributed by atoms with Gasteiger partial charge in [-0.25, -0.2) is 18.7 Å². The van der Waals surface area contributed by atoms with E-state index in [-0.39, 0.29) is 17.2 Å². The van der Waals surface area contributed by atoms with Crippen LogP contribution in [0.2, 0.25) is 0 Å². The van der Waals surface area contributed by atoms with E-state index in [2.05, 4.69) is 20.5 Å². The summed E-state index contributed by atoms with van der Waals surface area (Å²) in [6.45, 7) is 7.89. The summed E-state index contributed by atoms with van der Waals surface area (Å²) < 4.78 is 16.7. The number of aryl methyl sites for hydroxylation is 1. The number of benzene rings is 1. The highest BCUT2D eigenvalue weighted by Gasteiger charge is 2.23. The number of hydrogen-bond acceptors (Lipinski definition) is 5. The Balaban J connectivity index is 1.73. The summed E-state index contributed by atoms with van der Waals surface area (Å²) in [7, 11) is 0. The van der Waals surface area contributed by atoms with Crippen LogP contribution in [0, 0.1) is 12.7 Å². The van der Waals surface area contributed by atoms with Gasteiger partial charge in [0, 0.05) is 6.07 Å². The van der Waals surface area contributed by atoms with Gasteiger partial charge in [-0.05, 0) is 63.4 Å². The highest BCUT2D eigenvalue weighted by Crippen LogP contribution is 2.26. The molecule has 1 amide bonds. The predicted octanol–water partition coefficient (Wildman–Crippen LogP) is 4.65. The number of amides is 1. The lowest BCUT2D eigenvalue weighted by Crippen LogP contribution is -2.27. The minimum Gasteiger partial charge on any atom is -0.304 e. The molecule has 0 bridgehead atoms. The van der Waals surface area contributed by atoms with Gasteiger partial charge in [0.15, 0.2) is 5.82 Å². The molecule has 0 fully saturated rings. The Hall–Kier alpha value is -3.33. The molecule has 7 nitrogen and oxygen atoms in total. The van der Waals surface area contributed by atoms with Crippen LogP contribution in [0.5, 0.6) is 0 Å². The molecule has 0 radical (unpaired) electrons. The van der Waals surface area contributed by atoms with Gasteiger partial charge < -0.3 is 5.32 Å². The highest BCUT2D eigenvalue weighted by atomic mass is 32.1. The molecular weight excluding hydrogens is 403 g/mol. The van der Waals surface area contributed by atoms with Gasteiger partial charge in [0.25, 0.3) is 5.91 Å². The van der Waals surface area contributed by atoms with Crippen LogP contribution in [0.3, 0.4) is 0 Å². The first-order valence-electron chi connectivity index (χ1n) is 9.38. The van der Waals surface area contributed by atoms with Gasteiger partial charge in [-0.3, -0.25) is 4.79 Å². The van der Waals surface area contributed by atoms with Crippen molar-refractivity contribution in [2.45, 2.75) is 33.2 Å². The summed E-state index contributed by atoms with van der Waals surface area (Å²) in [5, 5.41) is 13.7. The standard InChI is InChI=1S/C21H21FN6OS/c1-13-12-17(28(25-13)21(2,3)4)23-20(29)18-24-19(16-6-5-11-30-16)27(26-18)15-9-7-14(22)8-10-15/h5-12H,1-4H3,(H,23,29). The molecule has 0 aliphatic rings. The zero-order valence-corrected chi connectivity index (χ0v) is 17.9. The predicted molar refractivity (Wildman–Crippen MR) is 115 cm³/mol. The van der Waals surface area contributed by atoms with Crippen molar-refractivity contribution in [3.05, 3.63) is 65.2 Å². The zero-order chi connectivity index (χ0) is 21.5. The fourth-order valence-electron chi connectivity index (χ4n) is 3.01. The summed E-state index contributed by atoms with van der Waals surface area (Å²) in [6, 6.07) is 11.5. The molecule has 30 heavy (non-hydrogen) atoms. The molecule has 4 rings (SSSR count). The van der Waals surface area contributed by atoms with Crippen molar-refractivity contribution in [2.75, 3.05) is 5.32 Å². The van der Waals surface area contributed by atoms with Crippen LogP contribution < -0.4 is 5.32 Å². The maximum absolute atomic E-state index is 13.4. The Morgan fingerprint density at radius 1 is 1.13 bits per heavy atom. The Kier molecular flexibility index (Phi) is 4.98. The number of thiophene rings is 1. The molecule has 154 valence electrons. The lowest BCUT2D eigenvalue weighted by atomic mass is 10.1. The minimum atomic E-state index is -0.445. The maximum atomic E-state index is 13.4. The van der Waals surface area contributed by atoms with E-state index in [1.165, 1.54) is 23.5 Å². The van der Waals surface area contributed by atoms with Crippen molar-refractivity contribution in [2.24, 2.45) is 0 Å². The van der Waals surface area contributed by atoms with Crippen LogP contribution in [0.25, 0.3) is 16.4 Å². The molecule has 0 spiro atoms. The number of nitrogens with zero attached hydrogens (tertiary/aromatic N) is 5. The van der Waals surface area contributed by atoms with Gasteiger partial charge in [-0.15, -0.1) is 16.4 Å². The van der Waals surface area contributed by atoms with Crippen LogP contribution >= 0.6 is 11.3 Å². The van der Waals surface area contributed by atoms with Crippen LogP contribution in [0.1, 0.15) is 37.1 Å². The van der Waals surface area contributed by atoms with E-state index in [1.54, 1.807) is 27.6 Å². The van der Waals surface area contributed by atoms with E-state index in [1.807, 2.05) is 45.2 Å². The number of nitrogens with one attached hydrogen (secondary N) is 1. The van der Waals surface area contributed by atoms with Crippen molar-refractivity contribution >= 4 is 23.1 Å². The minimum absolute atomic E-state index is 0.0158. The summed E-state index contributed by atoms with van der Waals surface area (Å²) >= 11 is 1.48. The lowest BCUT2D eigenvalue weighted by Gasteiger charge is -2.22. The van der Waals surface area contributed by atoms with Gasteiger partial charge in [0.05, 0.1) is 21.8 Å². The molecule has 0 aliphatic heterocycles. The quantitative estimate of drug-likeness (QED) is 0.517. The van der Waals surface area contributed by atoms with E-state index in [0.29, 0.717) is 17.3 Å². The summed E-state index contributed by atoms with van der Waals surface area (Å²) in [6.07, 6.45) is 0. The lowest BCUT2D eigenvalue weighted by molar-refractivity contribution is 0.101. The Bertz CT molecular complexity index is 1190. The summed E-state index contributed by atoms with van der Waals surface area (Å²) in [5.41, 5.74) is 1.10. The molecule has 0 atom stereocenters. The van der Waals surface area contributed by atoms with Gasteiger partial charge in [-0.2, -0.15) is 5.10 Å². The van der Waals surface area contributed by atoms with Gasteiger partial charge >= 0.3 is 0 Å². The van der Waals surface area contributed by atoms with Crippen molar-refractivity contribution in [3.8, 4) is 16.4 Å². The maximum Gasteiger partial charge on any atom is 0.296 e. The number of aromatic nitrogens is 5. The molecule has 3 aromatic heterocycles.